The van der Waals surface area contributed by atoms with Gasteiger partial charge in [-0.25, -0.2) is 8.42 Å². The molecule has 0 aliphatic carbocycles. The van der Waals surface area contributed by atoms with Crippen LogP contribution in [0.3, 0.4) is 0 Å². The van der Waals surface area contributed by atoms with Crippen molar-refractivity contribution in [2.75, 3.05) is 38.5 Å². The summed E-state index contributed by atoms with van der Waals surface area (Å²) in [6, 6.07) is 0. The van der Waals surface area contributed by atoms with E-state index in [2.05, 4.69) is 15.6 Å². The highest BCUT2D eigenvalue weighted by atomic mass is 32.2. The number of amides is 1. The summed E-state index contributed by atoms with van der Waals surface area (Å²) in [6.45, 7) is 9.43. The molecule has 1 fully saturated rings. The molecule has 0 spiro atoms. The molecule has 0 bridgehead atoms. The highest BCUT2D eigenvalue weighted by Gasteiger charge is 2.40. The zero-order valence-electron chi connectivity index (χ0n) is 13.3. The molecule has 122 valence electrons. The molecule has 1 aliphatic rings. The fourth-order valence-corrected chi connectivity index (χ4v) is 3.51. The van der Waals surface area contributed by atoms with Crippen molar-refractivity contribution < 1.29 is 13.2 Å². The summed E-state index contributed by atoms with van der Waals surface area (Å²) in [7, 11) is -3.06. The van der Waals surface area contributed by atoms with Crippen LogP contribution in [0.1, 0.15) is 27.7 Å². The molecule has 0 aromatic rings. The van der Waals surface area contributed by atoms with Crippen molar-refractivity contribution in [3.05, 3.63) is 0 Å². The van der Waals surface area contributed by atoms with E-state index in [1.165, 1.54) is 6.92 Å². The van der Waals surface area contributed by atoms with Gasteiger partial charge in [-0.1, -0.05) is 0 Å². The Labute approximate surface area is 127 Å². The SMILES string of the molecule is CCNC(=NCCNC(C)=O)N1CCS(=O)(=O)C(C)(C)C1. The molecular weight excluding hydrogens is 292 g/mol. The van der Waals surface area contributed by atoms with E-state index in [1.54, 1.807) is 13.8 Å². The zero-order valence-corrected chi connectivity index (χ0v) is 14.1. The highest BCUT2D eigenvalue weighted by Crippen LogP contribution is 2.23. The smallest absolute Gasteiger partial charge is 0.216 e. The van der Waals surface area contributed by atoms with Crippen LogP contribution in [0.2, 0.25) is 0 Å². The Morgan fingerprint density at radius 2 is 2.00 bits per heavy atom. The van der Waals surface area contributed by atoms with Gasteiger partial charge in [-0.15, -0.1) is 0 Å². The van der Waals surface area contributed by atoms with Gasteiger partial charge in [0.1, 0.15) is 0 Å². The first-order valence-corrected chi connectivity index (χ1v) is 8.85. The van der Waals surface area contributed by atoms with Crippen molar-refractivity contribution in [1.29, 1.82) is 0 Å². The molecule has 0 saturated carbocycles. The van der Waals surface area contributed by atoms with Crippen molar-refractivity contribution >= 4 is 21.7 Å². The summed E-state index contributed by atoms with van der Waals surface area (Å²) in [6.07, 6.45) is 0. The van der Waals surface area contributed by atoms with Crippen molar-refractivity contribution in [1.82, 2.24) is 15.5 Å². The van der Waals surface area contributed by atoms with Crippen LogP contribution in [0.25, 0.3) is 0 Å². The number of hydrogen-bond acceptors (Lipinski definition) is 4. The third-order valence-corrected chi connectivity index (χ3v) is 5.96. The van der Waals surface area contributed by atoms with Crippen LogP contribution >= 0.6 is 0 Å². The van der Waals surface area contributed by atoms with Gasteiger partial charge in [-0.05, 0) is 20.8 Å². The lowest BCUT2D eigenvalue weighted by Gasteiger charge is -2.39. The van der Waals surface area contributed by atoms with E-state index < -0.39 is 14.6 Å². The Morgan fingerprint density at radius 3 is 2.52 bits per heavy atom. The second-order valence-electron chi connectivity index (χ2n) is 5.72. The predicted octanol–water partition coefficient (Wildman–Crippen LogP) is -0.403. The first kappa shape index (κ1) is 17.7. The molecule has 0 aromatic heterocycles. The minimum atomic E-state index is -3.06. The standard InChI is InChI=1S/C13H26N4O3S/c1-5-14-12(16-7-6-15-11(2)18)17-8-9-21(19,20)13(3,4)10-17/h5-10H2,1-4H3,(H,14,16)(H,15,18). The van der Waals surface area contributed by atoms with Crippen LogP contribution in [0, 0.1) is 0 Å². The van der Waals surface area contributed by atoms with Crippen molar-refractivity contribution in [3.8, 4) is 0 Å². The van der Waals surface area contributed by atoms with E-state index in [0.717, 1.165) is 0 Å². The molecule has 1 heterocycles. The Kier molecular flexibility index (Phi) is 6.00. The average Bonchev–Trinajstić information content (AvgIpc) is 2.36. The summed E-state index contributed by atoms with van der Waals surface area (Å²) in [5.74, 6) is 0.752. The first-order chi connectivity index (χ1) is 9.69. The molecule has 0 atom stereocenters. The Balaban J connectivity index is 2.73. The van der Waals surface area contributed by atoms with E-state index in [-0.39, 0.29) is 11.7 Å². The summed E-state index contributed by atoms with van der Waals surface area (Å²) in [5, 5.41) is 5.86. The summed E-state index contributed by atoms with van der Waals surface area (Å²) >= 11 is 0. The van der Waals surface area contributed by atoms with Crippen LogP contribution in [0.5, 0.6) is 0 Å². The summed E-state index contributed by atoms with van der Waals surface area (Å²) in [5.41, 5.74) is 0. The van der Waals surface area contributed by atoms with Crippen LogP contribution in [0.15, 0.2) is 4.99 Å². The van der Waals surface area contributed by atoms with Crippen LogP contribution in [-0.2, 0) is 14.6 Å². The lowest BCUT2D eigenvalue weighted by Crippen LogP contribution is -2.57. The van der Waals surface area contributed by atoms with Gasteiger partial charge in [0.2, 0.25) is 5.91 Å². The van der Waals surface area contributed by atoms with Gasteiger partial charge in [-0.3, -0.25) is 9.79 Å². The van der Waals surface area contributed by atoms with Crippen LogP contribution in [0.4, 0.5) is 0 Å². The molecule has 0 unspecified atom stereocenters. The molecule has 2 N–H and O–H groups in total. The average molecular weight is 318 g/mol. The number of carbonyl (C=O) groups excluding carboxylic acids is 1. The van der Waals surface area contributed by atoms with E-state index >= 15 is 0 Å². The number of hydrogen-bond donors (Lipinski definition) is 2. The molecule has 1 aliphatic heterocycles. The number of nitrogens with one attached hydrogen (secondary N) is 2. The number of nitrogens with zero attached hydrogens (tertiary/aromatic N) is 2. The minimum Gasteiger partial charge on any atom is -0.357 e. The second kappa shape index (κ2) is 7.11. The lowest BCUT2D eigenvalue weighted by molar-refractivity contribution is -0.118. The number of carbonyl (C=O) groups is 1. The number of rotatable bonds is 4. The van der Waals surface area contributed by atoms with Gasteiger partial charge in [0.15, 0.2) is 15.8 Å². The maximum atomic E-state index is 12.0. The quantitative estimate of drug-likeness (QED) is 0.418. The van der Waals surface area contributed by atoms with Gasteiger partial charge in [0, 0.05) is 33.1 Å². The second-order valence-corrected chi connectivity index (χ2v) is 8.46. The lowest BCUT2D eigenvalue weighted by atomic mass is 10.2. The topological polar surface area (TPSA) is 90.9 Å². The molecule has 0 radical (unpaired) electrons. The monoisotopic (exact) mass is 318 g/mol. The van der Waals surface area contributed by atoms with E-state index in [1.807, 2.05) is 11.8 Å². The van der Waals surface area contributed by atoms with Gasteiger partial charge in [0.05, 0.1) is 17.0 Å². The van der Waals surface area contributed by atoms with Gasteiger partial charge in [0.25, 0.3) is 0 Å². The van der Waals surface area contributed by atoms with Crippen molar-refractivity contribution in [2.24, 2.45) is 4.99 Å². The normalized spacial score (nSPS) is 21.0. The number of sulfone groups is 1. The van der Waals surface area contributed by atoms with Gasteiger partial charge < -0.3 is 15.5 Å². The maximum absolute atomic E-state index is 12.0. The molecule has 1 rings (SSSR count). The molecule has 0 aromatic carbocycles. The highest BCUT2D eigenvalue weighted by molar-refractivity contribution is 7.92. The first-order valence-electron chi connectivity index (χ1n) is 7.19. The minimum absolute atomic E-state index is 0.0830. The Bertz CT molecular complexity index is 500. The van der Waals surface area contributed by atoms with Gasteiger partial charge in [-0.2, -0.15) is 0 Å². The van der Waals surface area contributed by atoms with Crippen LogP contribution in [-0.4, -0.2) is 68.4 Å². The van der Waals surface area contributed by atoms with E-state index in [9.17, 15) is 13.2 Å². The molecule has 8 heteroatoms. The number of guanidine groups is 1. The maximum Gasteiger partial charge on any atom is 0.216 e. The molecular formula is C13H26N4O3S. The molecule has 7 nitrogen and oxygen atoms in total. The molecule has 21 heavy (non-hydrogen) atoms. The van der Waals surface area contributed by atoms with E-state index in [4.69, 9.17) is 0 Å². The van der Waals surface area contributed by atoms with Crippen molar-refractivity contribution in [3.63, 3.8) is 0 Å². The largest absolute Gasteiger partial charge is 0.357 e. The Hall–Kier alpha value is -1.31. The third kappa shape index (κ3) is 4.87. The number of aliphatic imine (C=N–C) groups is 1. The van der Waals surface area contributed by atoms with E-state index in [0.29, 0.717) is 38.7 Å². The summed E-state index contributed by atoms with van der Waals surface area (Å²) < 4.78 is 23.3. The predicted molar refractivity (Wildman–Crippen MR) is 84.1 cm³/mol. The summed E-state index contributed by atoms with van der Waals surface area (Å²) in [4.78, 5) is 17.2. The van der Waals surface area contributed by atoms with Crippen LogP contribution < -0.4 is 10.6 Å². The fourth-order valence-electron chi connectivity index (χ4n) is 2.14. The third-order valence-electron chi connectivity index (χ3n) is 3.43. The fraction of sp³-hybridized carbons (Fsp3) is 0.846. The van der Waals surface area contributed by atoms with Crippen molar-refractivity contribution in [2.45, 2.75) is 32.4 Å². The van der Waals surface area contributed by atoms with Gasteiger partial charge >= 0.3 is 0 Å². The molecule has 1 saturated heterocycles. The Morgan fingerprint density at radius 1 is 1.33 bits per heavy atom. The molecule has 1 amide bonds. The zero-order chi connectivity index (χ0) is 16.1.